The molecular formula is C22H18N4O4. The van der Waals surface area contributed by atoms with Gasteiger partial charge in [0, 0.05) is 18.5 Å². The highest BCUT2D eigenvalue weighted by atomic mass is 16.7. The Morgan fingerprint density at radius 1 is 1.03 bits per heavy atom. The Hall–Kier alpha value is -3.81. The fraction of sp³-hybridized carbons (Fsp3) is 0.227. The van der Waals surface area contributed by atoms with Crippen molar-refractivity contribution >= 4 is 17.8 Å². The minimum Gasteiger partial charge on any atom is -0.329 e. The molecule has 0 aliphatic carbocycles. The number of aryl methyl sites for hydroxylation is 2. The summed E-state index contributed by atoms with van der Waals surface area (Å²) < 4.78 is 1.91. The number of imide groups is 1. The number of fused-ring (bicyclic) bond motifs is 2. The van der Waals surface area contributed by atoms with Gasteiger partial charge in [-0.15, -0.1) is 10.2 Å². The lowest BCUT2D eigenvalue weighted by Gasteiger charge is -2.24. The lowest BCUT2D eigenvalue weighted by atomic mass is 9.99. The molecule has 0 radical (unpaired) electrons. The van der Waals surface area contributed by atoms with Gasteiger partial charge in [-0.3, -0.25) is 9.59 Å². The Labute approximate surface area is 172 Å². The van der Waals surface area contributed by atoms with Crippen LogP contribution in [0, 0.1) is 12.8 Å². The number of aromatic nitrogens is 3. The first-order valence-corrected chi connectivity index (χ1v) is 9.71. The number of hydroxylamine groups is 2. The van der Waals surface area contributed by atoms with Gasteiger partial charge in [0.15, 0.2) is 5.82 Å². The number of benzene rings is 2. The fourth-order valence-electron chi connectivity index (χ4n) is 3.93. The monoisotopic (exact) mass is 402 g/mol. The van der Waals surface area contributed by atoms with E-state index < -0.39 is 23.7 Å². The number of rotatable bonds is 3. The second-order valence-corrected chi connectivity index (χ2v) is 7.52. The van der Waals surface area contributed by atoms with Crippen LogP contribution in [0.1, 0.15) is 38.5 Å². The number of hydrogen-bond donors (Lipinski definition) is 0. The van der Waals surface area contributed by atoms with Gasteiger partial charge in [-0.2, -0.15) is 0 Å². The Morgan fingerprint density at radius 3 is 2.47 bits per heavy atom. The van der Waals surface area contributed by atoms with E-state index in [1.807, 2.05) is 35.8 Å². The van der Waals surface area contributed by atoms with Crippen molar-refractivity contribution in [1.29, 1.82) is 0 Å². The fourth-order valence-corrected chi connectivity index (χ4v) is 3.93. The average Bonchev–Trinajstić information content (AvgIpc) is 3.28. The SMILES string of the molecule is Cc1cccc(-c2nnc3n2CC(C(=O)ON2C(=O)c4ccccc4C2=O)CC3)c1. The summed E-state index contributed by atoms with van der Waals surface area (Å²) in [5.74, 6) is -0.876. The maximum Gasteiger partial charge on any atom is 0.338 e. The summed E-state index contributed by atoms with van der Waals surface area (Å²) in [6.07, 6.45) is 1.06. The van der Waals surface area contributed by atoms with Crippen molar-refractivity contribution in [2.45, 2.75) is 26.3 Å². The molecule has 1 unspecified atom stereocenters. The summed E-state index contributed by atoms with van der Waals surface area (Å²) in [7, 11) is 0. The number of nitrogens with zero attached hydrogens (tertiary/aromatic N) is 4. The summed E-state index contributed by atoms with van der Waals surface area (Å²) in [4.78, 5) is 43.0. The average molecular weight is 402 g/mol. The predicted octanol–water partition coefficient (Wildman–Crippen LogP) is 2.57. The zero-order valence-corrected chi connectivity index (χ0v) is 16.2. The zero-order valence-electron chi connectivity index (χ0n) is 16.2. The molecule has 8 nitrogen and oxygen atoms in total. The normalized spacial score (nSPS) is 17.6. The summed E-state index contributed by atoms with van der Waals surface area (Å²) in [5, 5.41) is 9.12. The molecule has 2 amide bonds. The molecule has 0 spiro atoms. The maximum absolute atomic E-state index is 12.8. The molecule has 1 aromatic heterocycles. The third kappa shape index (κ3) is 2.88. The Morgan fingerprint density at radius 2 is 1.77 bits per heavy atom. The van der Waals surface area contributed by atoms with Crippen LogP contribution in [0.25, 0.3) is 11.4 Å². The molecule has 150 valence electrons. The van der Waals surface area contributed by atoms with Crippen LogP contribution in [0.15, 0.2) is 48.5 Å². The van der Waals surface area contributed by atoms with Gasteiger partial charge in [-0.05, 0) is 31.5 Å². The summed E-state index contributed by atoms with van der Waals surface area (Å²) in [6.45, 7) is 2.33. The van der Waals surface area contributed by atoms with Crippen molar-refractivity contribution in [1.82, 2.24) is 19.8 Å². The molecule has 0 fully saturated rings. The van der Waals surface area contributed by atoms with Gasteiger partial charge in [0.25, 0.3) is 11.8 Å². The van der Waals surface area contributed by atoms with Crippen LogP contribution in [0.5, 0.6) is 0 Å². The highest BCUT2D eigenvalue weighted by Gasteiger charge is 2.40. The van der Waals surface area contributed by atoms with Gasteiger partial charge in [-0.1, -0.05) is 41.0 Å². The summed E-state index contributed by atoms with van der Waals surface area (Å²) in [6, 6.07) is 14.3. The summed E-state index contributed by atoms with van der Waals surface area (Å²) in [5.41, 5.74) is 2.49. The molecule has 1 atom stereocenters. The van der Waals surface area contributed by atoms with Crippen molar-refractivity contribution in [2.24, 2.45) is 5.92 Å². The summed E-state index contributed by atoms with van der Waals surface area (Å²) >= 11 is 0. The standard InChI is InChI=1S/C22H18N4O4/c1-13-5-4-6-14(11-13)19-24-23-18-10-9-15(12-25(18)19)22(29)30-26-20(27)16-7-2-3-8-17(16)21(26)28/h2-8,11,15H,9-10,12H2,1H3. The molecular weight excluding hydrogens is 384 g/mol. The lowest BCUT2D eigenvalue weighted by molar-refractivity contribution is -0.174. The largest absolute Gasteiger partial charge is 0.338 e. The number of amides is 2. The van der Waals surface area contributed by atoms with Gasteiger partial charge >= 0.3 is 5.97 Å². The van der Waals surface area contributed by atoms with Crippen LogP contribution in [0.3, 0.4) is 0 Å². The number of hydrogen-bond acceptors (Lipinski definition) is 6. The van der Waals surface area contributed by atoms with Crippen molar-refractivity contribution in [3.63, 3.8) is 0 Å². The van der Waals surface area contributed by atoms with Gasteiger partial charge in [0.05, 0.1) is 17.0 Å². The molecule has 8 heteroatoms. The van der Waals surface area contributed by atoms with Gasteiger partial charge in [0.2, 0.25) is 0 Å². The molecule has 2 aromatic carbocycles. The van der Waals surface area contributed by atoms with E-state index in [4.69, 9.17) is 4.84 Å². The first kappa shape index (κ1) is 18.2. The Kier molecular flexibility index (Phi) is 4.20. The molecule has 2 aliphatic rings. The van der Waals surface area contributed by atoms with Crippen LogP contribution in [0.4, 0.5) is 0 Å². The van der Waals surface area contributed by atoms with E-state index >= 15 is 0 Å². The Bertz CT molecular complexity index is 1160. The van der Waals surface area contributed by atoms with Crippen molar-refractivity contribution < 1.29 is 19.2 Å². The van der Waals surface area contributed by atoms with Gasteiger partial charge < -0.3 is 9.40 Å². The van der Waals surface area contributed by atoms with Crippen molar-refractivity contribution in [3.05, 3.63) is 71.0 Å². The predicted molar refractivity (Wildman–Crippen MR) is 105 cm³/mol. The molecule has 2 aliphatic heterocycles. The third-order valence-corrected chi connectivity index (χ3v) is 5.49. The van der Waals surface area contributed by atoms with Gasteiger partial charge in [0.1, 0.15) is 5.82 Å². The smallest absolute Gasteiger partial charge is 0.329 e. The second kappa shape index (κ2) is 6.91. The van der Waals surface area contributed by atoms with Crippen molar-refractivity contribution in [3.8, 4) is 11.4 Å². The molecule has 0 saturated carbocycles. The van der Waals surface area contributed by atoms with Crippen molar-refractivity contribution in [2.75, 3.05) is 0 Å². The molecule has 30 heavy (non-hydrogen) atoms. The van der Waals surface area contributed by atoms with E-state index in [0.717, 1.165) is 17.0 Å². The quantitative estimate of drug-likeness (QED) is 0.625. The van der Waals surface area contributed by atoms with E-state index in [2.05, 4.69) is 10.2 Å². The zero-order chi connectivity index (χ0) is 20.8. The number of carbonyl (C=O) groups is 3. The van der Waals surface area contributed by atoms with Crippen LogP contribution in [-0.4, -0.2) is 37.6 Å². The molecule has 0 N–H and O–H groups in total. The highest BCUT2D eigenvalue weighted by molar-refractivity contribution is 6.20. The highest BCUT2D eigenvalue weighted by Crippen LogP contribution is 2.28. The molecule has 0 bridgehead atoms. The van der Waals surface area contributed by atoms with E-state index in [1.54, 1.807) is 24.3 Å². The minimum absolute atomic E-state index is 0.238. The molecule has 3 heterocycles. The third-order valence-electron chi connectivity index (χ3n) is 5.49. The van der Waals surface area contributed by atoms with Gasteiger partial charge in [-0.25, -0.2) is 4.79 Å². The van der Waals surface area contributed by atoms with E-state index in [1.165, 1.54) is 0 Å². The maximum atomic E-state index is 12.8. The minimum atomic E-state index is -0.620. The van der Waals surface area contributed by atoms with Crippen LogP contribution in [0.2, 0.25) is 0 Å². The van der Waals surface area contributed by atoms with Crippen LogP contribution < -0.4 is 0 Å². The molecule has 5 rings (SSSR count). The van der Waals surface area contributed by atoms with Crippen LogP contribution >= 0.6 is 0 Å². The molecule has 0 saturated heterocycles. The first-order chi connectivity index (χ1) is 14.5. The topological polar surface area (TPSA) is 94.4 Å². The van der Waals surface area contributed by atoms with Crippen LogP contribution in [-0.2, 0) is 22.6 Å². The first-order valence-electron chi connectivity index (χ1n) is 9.71. The van der Waals surface area contributed by atoms with E-state index in [-0.39, 0.29) is 11.1 Å². The van der Waals surface area contributed by atoms with E-state index in [0.29, 0.717) is 30.3 Å². The number of carbonyl (C=O) groups excluding carboxylic acids is 3. The molecule has 3 aromatic rings. The van der Waals surface area contributed by atoms with E-state index in [9.17, 15) is 14.4 Å². The second-order valence-electron chi connectivity index (χ2n) is 7.52. The lowest BCUT2D eigenvalue weighted by Crippen LogP contribution is -2.37. The Balaban J connectivity index is 1.36.